The van der Waals surface area contributed by atoms with Crippen molar-refractivity contribution in [3.05, 3.63) is 24.3 Å². The average molecular weight is 147 g/mol. The third kappa shape index (κ3) is 2.24. The molecule has 0 radical (unpaired) electrons. The topological polar surface area (TPSA) is 50.7 Å². The summed E-state index contributed by atoms with van der Waals surface area (Å²) >= 11 is 0. The summed E-state index contributed by atoms with van der Waals surface area (Å²) in [4.78, 5) is 7.50. The lowest BCUT2D eigenvalue weighted by molar-refractivity contribution is 1.44. The van der Waals surface area contributed by atoms with E-state index < -0.39 is 0 Å². The van der Waals surface area contributed by atoms with Crippen molar-refractivity contribution in [2.24, 2.45) is 9.98 Å². The molecule has 1 aromatic carbocycles. The van der Waals surface area contributed by atoms with E-state index >= 15 is 0 Å². The Bertz CT molecular complexity index is 281. The highest BCUT2D eigenvalue weighted by Gasteiger charge is 1.85. The van der Waals surface area contributed by atoms with Gasteiger partial charge in [-0.1, -0.05) is 0 Å². The van der Waals surface area contributed by atoms with E-state index in [4.69, 9.17) is 5.73 Å². The molecule has 1 rings (SSSR count). The smallest absolute Gasteiger partial charge is 0.0946 e. The molecule has 2 N–H and O–H groups in total. The lowest BCUT2D eigenvalue weighted by Gasteiger charge is -1.90. The molecule has 0 aromatic heterocycles. The Morgan fingerprint density at radius 1 is 1.27 bits per heavy atom. The zero-order valence-electron chi connectivity index (χ0n) is 6.28. The molecule has 0 spiro atoms. The van der Waals surface area contributed by atoms with Crippen LogP contribution >= 0.6 is 0 Å². The Morgan fingerprint density at radius 3 is 2.45 bits per heavy atom. The monoisotopic (exact) mass is 147 g/mol. The van der Waals surface area contributed by atoms with Gasteiger partial charge < -0.3 is 5.73 Å². The first kappa shape index (κ1) is 7.51. The molecular weight excluding hydrogens is 138 g/mol. The molecular formula is C8H9N3. The molecule has 0 fully saturated rings. The van der Waals surface area contributed by atoms with Crippen LogP contribution in [0.4, 0.5) is 11.4 Å². The number of nitrogens with zero attached hydrogens (tertiary/aromatic N) is 2. The first-order valence-electron chi connectivity index (χ1n) is 3.23. The van der Waals surface area contributed by atoms with Crippen molar-refractivity contribution in [1.82, 2.24) is 0 Å². The van der Waals surface area contributed by atoms with E-state index in [0.717, 1.165) is 11.4 Å². The van der Waals surface area contributed by atoms with Crippen LogP contribution in [0.5, 0.6) is 0 Å². The van der Waals surface area contributed by atoms with E-state index in [0.29, 0.717) is 0 Å². The van der Waals surface area contributed by atoms with E-state index in [1.165, 1.54) is 0 Å². The third-order valence-electron chi connectivity index (χ3n) is 1.17. The molecule has 11 heavy (non-hydrogen) atoms. The molecule has 0 saturated carbocycles. The Labute approximate surface area is 65.3 Å². The summed E-state index contributed by atoms with van der Waals surface area (Å²) in [6.45, 7) is 0. The first-order chi connectivity index (χ1) is 5.33. The van der Waals surface area contributed by atoms with Gasteiger partial charge in [0.1, 0.15) is 0 Å². The maximum atomic E-state index is 5.47. The summed E-state index contributed by atoms with van der Waals surface area (Å²) in [6.07, 6.45) is 0. The zero-order chi connectivity index (χ0) is 8.10. The first-order valence-corrected chi connectivity index (χ1v) is 3.23. The van der Waals surface area contributed by atoms with Gasteiger partial charge in [0.05, 0.1) is 11.7 Å². The van der Waals surface area contributed by atoms with Crippen LogP contribution in [-0.4, -0.2) is 13.1 Å². The number of nitrogens with two attached hydrogens (primary N) is 1. The third-order valence-corrected chi connectivity index (χ3v) is 1.17. The second-order valence-electron chi connectivity index (χ2n) is 2.03. The van der Waals surface area contributed by atoms with Crippen molar-refractivity contribution in [1.29, 1.82) is 0 Å². The molecule has 1 aromatic rings. The summed E-state index contributed by atoms with van der Waals surface area (Å²) in [5.74, 6) is 0. The molecule has 0 bridgehead atoms. The lowest BCUT2D eigenvalue weighted by atomic mass is 10.3. The van der Waals surface area contributed by atoms with Crippen LogP contribution in [0.3, 0.4) is 0 Å². The van der Waals surface area contributed by atoms with Crippen LogP contribution in [-0.2, 0) is 0 Å². The predicted molar refractivity (Wildman–Crippen MR) is 46.3 cm³/mol. The molecule has 56 valence electrons. The Hall–Kier alpha value is -1.60. The standard InChI is InChI=1S/C8H9N3/c1-10-6-11-8-4-2-7(9)3-5-8/h2-5H,9H2,1H3. The van der Waals surface area contributed by atoms with Crippen LogP contribution in [0.2, 0.25) is 0 Å². The minimum absolute atomic E-state index is 0.734. The minimum Gasteiger partial charge on any atom is -0.399 e. The number of rotatable bonds is 1. The van der Waals surface area contributed by atoms with Crippen molar-refractivity contribution < 1.29 is 0 Å². The Morgan fingerprint density at radius 2 is 1.91 bits per heavy atom. The summed E-state index contributed by atoms with van der Waals surface area (Å²) in [6, 6.07) is 9.69. The van der Waals surface area contributed by atoms with E-state index in [9.17, 15) is 0 Å². The summed E-state index contributed by atoms with van der Waals surface area (Å²) in [5, 5.41) is 0. The molecule has 0 aliphatic rings. The molecule has 0 heterocycles. The molecule has 0 unspecified atom stereocenters. The lowest BCUT2D eigenvalue weighted by Crippen LogP contribution is -1.80. The van der Waals surface area contributed by atoms with Crippen LogP contribution in [0.1, 0.15) is 0 Å². The molecule has 0 aliphatic heterocycles. The van der Waals surface area contributed by atoms with Crippen molar-refractivity contribution in [3.63, 3.8) is 0 Å². The van der Waals surface area contributed by atoms with E-state index in [-0.39, 0.29) is 0 Å². The largest absolute Gasteiger partial charge is 0.399 e. The van der Waals surface area contributed by atoms with Crippen LogP contribution in [0, 0.1) is 0 Å². The summed E-state index contributed by atoms with van der Waals surface area (Å²) in [7, 11) is 1.63. The molecule has 0 saturated heterocycles. The summed E-state index contributed by atoms with van der Waals surface area (Å²) in [5.41, 5.74) is 7.01. The zero-order valence-corrected chi connectivity index (χ0v) is 6.28. The minimum atomic E-state index is 0.734. The molecule has 0 amide bonds. The van der Waals surface area contributed by atoms with Gasteiger partial charge in [-0.2, -0.15) is 4.99 Å². The van der Waals surface area contributed by atoms with Crippen molar-refractivity contribution in [3.8, 4) is 0 Å². The van der Waals surface area contributed by atoms with Crippen molar-refractivity contribution in [2.75, 3.05) is 12.8 Å². The number of anilines is 1. The van der Waals surface area contributed by atoms with Gasteiger partial charge in [0.2, 0.25) is 0 Å². The van der Waals surface area contributed by atoms with E-state index in [1.807, 2.05) is 12.1 Å². The van der Waals surface area contributed by atoms with Crippen LogP contribution < -0.4 is 5.73 Å². The van der Waals surface area contributed by atoms with Crippen LogP contribution in [0.25, 0.3) is 0 Å². The highest BCUT2D eigenvalue weighted by atomic mass is 14.8. The molecule has 3 nitrogen and oxygen atoms in total. The van der Waals surface area contributed by atoms with Gasteiger partial charge in [-0.3, -0.25) is 0 Å². The fourth-order valence-electron chi connectivity index (χ4n) is 0.657. The fourth-order valence-corrected chi connectivity index (χ4v) is 0.657. The number of hydrogen-bond acceptors (Lipinski definition) is 3. The maximum absolute atomic E-state index is 5.47. The molecule has 3 heteroatoms. The molecule has 0 aliphatic carbocycles. The van der Waals surface area contributed by atoms with E-state index in [2.05, 4.69) is 16.0 Å². The number of aliphatic imine (C=N–C) groups is 2. The predicted octanol–water partition coefficient (Wildman–Crippen LogP) is 1.70. The van der Waals surface area contributed by atoms with Gasteiger partial charge in [0.15, 0.2) is 0 Å². The van der Waals surface area contributed by atoms with Crippen molar-refractivity contribution >= 4 is 17.4 Å². The van der Waals surface area contributed by atoms with Crippen LogP contribution in [0.15, 0.2) is 34.3 Å². The second-order valence-corrected chi connectivity index (χ2v) is 2.03. The number of hydrogen-bond donors (Lipinski definition) is 1. The van der Waals surface area contributed by atoms with Crippen molar-refractivity contribution in [2.45, 2.75) is 0 Å². The SMILES string of the molecule is CN=C=Nc1ccc(N)cc1. The Balaban J connectivity index is 2.90. The van der Waals surface area contributed by atoms with E-state index in [1.54, 1.807) is 19.2 Å². The Kier molecular flexibility index (Phi) is 2.42. The van der Waals surface area contributed by atoms with Gasteiger partial charge in [-0.05, 0) is 24.3 Å². The van der Waals surface area contributed by atoms with Gasteiger partial charge in [0.25, 0.3) is 0 Å². The van der Waals surface area contributed by atoms with Gasteiger partial charge in [-0.15, -0.1) is 0 Å². The fraction of sp³-hybridized carbons (Fsp3) is 0.125. The second kappa shape index (κ2) is 3.54. The summed E-state index contributed by atoms with van der Waals surface area (Å²) < 4.78 is 0. The highest BCUT2D eigenvalue weighted by molar-refractivity contribution is 5.55. The normalized spacial score (nSPS) is 8.45. The molecule has 0 atom stereocenters. The maximum Gasteiger partial charge on any atom is 0.0946 e. The van der Waals surface area contributed by atoms with Gasteiger partial charge >= 0.3 is 0 Å². The quantitative estimate of drug-likeness (QED) is 0.477. The number of benzene rings is 1. The highest BCUT2D eigenvalue weighted by Crippen LogP contribution is 2.12. The number of nitrogen functional groups attached to an aromatic ring is 1. The van der Waals surface area contributed by atoms with Gasteiger partial charge in [-0.25, -0.2) is 4.99 Å². The average Bonchev–Trinajstić information content (AvgIpc) is 2.04. The van der Waals surface area contributed by atoms with Gasteiger partial charge in [0, 0.05) is 12.7 Å².